The van der Waals surface area contributed by atoms with Crippen molar-refractivity contribution in [1.29, 1.82) is 0 Å². The highest BCUT2D eigenvalue weighted by molar-refractivity contribution is 5.80. The highest BCUT2D eigenvalue weighted by atomic mass is 16.5. The van der Waals surface area contributed by atoms with Gasteiger partial charge in [-0.3, -0.25) is 0 Å². The lowest BCUT2D eigenvalue weighted by molar-refractivity contribution is 0.357. The van der Waals surface area contributed by atoms with Gasteiger partial charge in [-0.1, -0.05) is 6.07 Å². The molecule has 1 heterocycles. The molecule has 4 N–H and O–H groups in total. The van der Waals surface area contributed by atoms with Crippen molar-refractivity contribution >= 4 is 11.6 Å². The van der Waals surface area contributed by atoms with E-state index in [0.29, 0.717) is 6.61 Å². The van der Waals surface area contributed by atoms with Crippen LogP contribution in [-0.4, -0.2) is 12.6 Å². The molecule has 0 amide bonds. The standard InChI is InChI=1S/C9H11N3O/c10-9(11)12-7-2-1-3-8-6(7)4-5-13-8/h1-3H,4-5H2,(H4,10,11,12). The van der Waals surface area contributed by atoms with Crippen LogP contribution in [0.25, 0.3) is 0 Å². The van der Waals surface area contributed by atoms with Gasteiger partial charge in [-0.25, -0.2) is 4.99 Å². The van der Waals surface area contributed by atoms with Crippen molar-refractivity contribution in [3.63, 3.8) is 0 Å². The predicted molar refractivity (Wildman–Crippen MR) is 51.1 cm³/mol. The number of fused-ring (bicyclic) bond motifs is 1. The topological polar surface area (TPSA) is 73.6 Å². The molecule has 4 nitrogen and oxygen atoms in total. The van der Waals surface area contributed by atoms with Gasteiger partial charge in [-0.05, 0) is 12.1 Å². The molecule has 0 spiro atoms. The van der Waals surface area contributed by atoms with E-state index in [2.05, 4.69) is 4.99 Å². The summed E-state index contributed by atoms with van der Waals surface area (Å²) in [4.78, 5) is 4.02. The van der Waals surface area contributed by atoms with Crippen molar-refractivity contribution in [3.05, 3.63) is 23.8 Å². The molecular formula is C9H11N3O. The average molecular weight is 177 g/mol. The molecular weight excluding hydrogens is 166 g/mol. The normalized spacial score (nSPS) is 13.2. The van der Waals surface area contributed by atoms with Crippen molar-refractivity contribution in [1.82, 2.24) is 0 Å². The van der Waals surface area contributed by atoms with Crippen LogP contribution in [0.1, 0.15) is 5.56 Å². The molecule has 0 aliphatic carbocycles. The molecule has 1 aliphatic rings. The molecule has 0 bridgehead atoms. The number of hydrogen-bond acceptors (Lipinski definition) is 2. The second-order valence-electron chi connectivity index (χ2n) is 2.89. The van der Waals surface area contributed by atoms with Gasteiger partial charge in [0.25, 0.3) is 0 Å². The highest BCUT2D eigenvalue weighted by Gasteiger charge is 2.14. The van der Waals surface area contributed by atoms with Crippen LogP contribution < -0.4 is 16.2 Å². The number of nitrogens with two attached hydrogens (primary N) is 2. The third kappa shape index (κ3) is 1.42. The van der Waals surface area contributed by atoms with E-state index < -0.39 is 0 Å². The first-order valence-electron chi connectivity index (χ1n) is 4.11. The van der Waals surface area contributed by atoms with Gasteiger partial charge in [0.2, 0.25) is 0 Å². The zero-order chi connectivity index (χ0) is 9.26. The maximum atomic E-state index is 5.37. The van der Waals surface area contributed by atoms with Crippen LogP contribution in [-0.2, 0) is 6.42 Å². The molecule has 0 fully saturated rings. The number of benzene rings is 1. The molecule has 13 heavy (non-hydrogen) atoms. The van der Waals surface area contributed by atoms with Gasteiger partial charge in [0, 0.05) is 12.0 Å². The van der Waals surface area contributed by atoms with Crippen molar-refractivity contribution in [2.75, 3.05) is 6.61 Å². The summed E-state index contributed by atoms with van der Waals surface area (Å²) in [7, 11) is 0. The van der Waals surface area contributed by atoms with Crippen LogP contribution in [0.2, 0.25) is 0 Å². The number of nitrogens with zero attached hydrogens (tertiary/aromatic N) is 1. The fourth-order valence-corrected chi connectivity index (χ4v) is 1.45. The predicted octanol–water partition coefficient (Wildman–Crippen LogP) is 0.526. The quantitative estimate of drug-likeness (QED) is 0.485. The Bertz CT molecular complexity index is 356. The summed E-state index contributed by atoms with van der Waals surface area (Å²) in [6, 6.07) is 5.69. The monoisotopic (exact) mass is 177 g/mol. The van der Waals surface area contributed by atoms with Crippen LogP contribution in [0.5, 0.6) is 5.75 Å². The third-order valence-corrected chi connectivity index (χ3v) is 1.97. The van der Waals surface area contributed by atoms with Crippen molar-refractivity contribution in [2.45, 2.75) is 6.42 Å². The minimum absolute atomic E-state index is 0.0836. The van der Waals surface area contributed by atoms with E-state index in [0.717, 1.165) is 23.4 Å². The summed E-state index contributed by atoms with van der Waals surface area (Å²) in [5.74, 6) is 0.975. The average Bonchev–Trinajstić information content (AvgIpc) is 2.51. The Morgan fingerprint density at radius 1 is 1.38 bits per heavy atom. The Labute approximate surface area is 76.2 Å². The van der Waals surface area contributed by atoms with E-state index in [1.807, 2.05) is 18.2 Å². The second kappa shape index (κ2) is 2.97. The smallest absolute Gasteiger partial charge is 0.191 e. The fourth-order valence-electron chi connectivity index (χ4n) is 1.45. The Morgan fingerprint density at radius 3 is 3.00 bits per heavy atom. The van der Waals surface area contributed by atoms with Crippen LogP contribution in [0.4, 0.5) is 5.69 Å². The van der Waals surface area contributed by atoms with Gasteiger partial charge >= 0.3 is 0 Å². The van der Waals surface area contributed by atoms with Crippen LogP contribution in [0.15, 0.2) is 23.2 Å². The molecule has 0 saturated carbocycles. The summed E-state index contributed by atoms with van der Waals surface area (Å²) < 4.78 is 5.37. The zero-order valence-corrected chi connectivity index (χ0v) is 7.16. The molecule has 0 radical (unpaired) electrons. The Balaban J connectivity index is 2.47. The first kappa shape index (κ1) is 7.91. The van der Waals surface area contributed by atoms with Crippen LogP contribution in [0, 0.1) is 0 Å². The highest BCUT2D eigenvalue weighted by Crippen LogP contribution is 2.32. The van der Waals surface area contributed by atoms with Gasteiger partial charge in [0.15, 0.2) is 5.96 Å². The molecule has 0 unspecified atom stereocenters. The summed E-state index contributed by atoms with van der Waals surface area (Å²) in [6.07, 6.45) is 0.877. The largest absolute Gasteiger partial charge is 0.493 e. The first-order valence-corrected chi connectivity index (χ1v) is 4.11. The summed E-state index contributed by atoms with van der Waals surface area (Å²) >= 11 is 0. The molecule has 68 valence electrons. The molecule has 1 aromatic carbocycles. The Hall–Kier alpha value is -1.71. The SMILES string of the molecule is NC(N)=Nc1cccc2c1CCO2. The fraction of sp³-hybridized carbons (Fsp3) is 0.222. The van der Waals surface area contributed by atoms with E-state index in [9.17, 15) is 0 Å². The minimum atomic E-state index is 0.0836. The van der Waals surface area contributed by atoms with E-state index in [-0.39, 0.29) is 5.96 Å². The lowest BCUT2D eigenvalue weighted by Crippen LogP contribution is -2.22. The Kier molecular flexibility index (Phi) is 1.81. The minimum Gasteiger partial charge on any atom is -0.493 e. The molecule has 0 aromatic heterocycles. The van der Waals surface area contributed by atoms with E-state index >= 15 is 0 Å². The van der Waals surface area contributed by atoms with E-state index in [1.165, 1.54) is 0 Å². The molecule has 2 rings (SSSR count). The lowest BCUT2D eigenvalue weighted by Gasteiger charge is -2.01. The van der Waals surface area contributed by atoms with Crippen LogP contribution >= 0.6 is 0 Å². The summed E-state index contributed by atoms with van der Waals surface area (Å²) in [6.45, 7) is 0.715. The van der Waals surface area contributed by atoms with Gasteiger partial charge in [0.1, 0.15) is 5.75 Å². The second-order valence-corrected chi connectivity index (χ2v) is 2.89. The van der Waals surface area contributed by atoms with E-state index in [4.69, 9.17) is 16.2 Å². The maximum absolute atomic E-state index is 5.37. The van der Waals surface area contributed by atoms with Crippen LogP contribution in [0.3, 0.4) is 0 Å². The maximum Gasteiger partial charge on any atom is 0.191 e. The van der Waals surface area contributed by atoms with Gasteiger partial charge in [0.05, 0.1) is 12.3 Å². The number of hydrogen-bond donors (Lipinski definition) is 2. The molecule has 1 aliphatic heterocycles. The van der Waals surface area contributed by atoms with Gasteiger partial charge in [-0.2, -0.15) is 0 Å². The van der Waals surface area contributed by atoms with Crippen molar-refractivity contribution in [3.8, 4) is 5.75 Å². The molecule has 0 atom stereocenters. The van der Waals surface area contributed by atoms with Crippen molar-refractivity contribution in [2.24, 2.45) is 16.5 Å². The number of aliphatic imine (C=N–C) groups is 1. The first-order chi connectivity index (χ1) is 6.27. The van der Waals surface area contributed by atoms with E-state index in [1.54, 1.807) is 0 Å². The number of guanidine groups is 1. The lowest BCUT2D eigenvalue weighted by atomic mass is 10.1. The number of ether oxygens (including phenoxy) is 1. The molecule has 4 heteroatoms. The zero-order valence-electron chi connectivity index (χ0n) is 7.16. The van der Waals surface area contributed by atoms with Gasteiger partial charge in [-0.15, -0.1) is 0 Å². The van der Waals surface area contributed by atoms with Gasteiger partial charge < -0.3 is 16.2 Å². The summed E-state index contributed by atoms with van der Waals surface area (Å²) in [5, 5.41) is 0. The molecule has 0 saturated heterocycles. The number of rotatable bonds is 1. The molecule has 1 aromatic rings. The third-order valence-electron chi connectivity index (χ3n) is 1.97. The summed E-state index contributed by atoms with van der Waals surface area (Å²) in [5.41, 5.74) is 12.5. The Morgan fingerprint density at radius 2 is 2.23 bits per heavy atom. The van der Waals surface area contributed by atoms with Crippen molar-refractivity contribution < 1.29 is 4.74 Å².